The highest BCUT2D eigenvalue weighted by Gasteiger charge is 2.16. The normalized spacial score (nSPS) is 10.7. The molecule has 0 aliphatic rings. The van der Waals surface area contributed by atoms with E-state index in [1.54, 1.807) is 0 Å². The molecule has 0 unspecified atom stereocenters. The highest BCUT2D eigenvalue weighted by Crippen LogP contribution is 1.97. The van der Waals surface area contributed by atoms with Crippen molar-refractivity contribution in [3.05, 3.63) is 0 Å². The lowest BCUT2D eigenvalue weighted by atomic mass is 10.3. The third kappa shape index (κ3) is 8.95. The minimum absolute atomic E-state index is 0.171. The molecule has 0 saturated carbocycles. The Morgan fingerprint density at radius 2 is 1.83 bits per heavy atom. The lowest BCUT2D eigenvalue weighted by Gasteiger charge is -2.22. The van der Waals surface area contributed by atoms with Crippen LogP contribution in [0.3, 0.4) is 0 Å². The number of rotatable bonds is 10. The van der Waals surface area contributed by atoms with Crippen molar-refractivity contribution >= 4 is 11.9 Å². The monoisotopic (exact) mass is 260 g/mol. The van der Waals surface area contributed by atoms with Gasteiger partial charge in [0, 0.05) is 19.7 Å². The Bertz CT molecular complexity index is 256. The summed E-state index contributed by atoms with van der Waals surface area (Å²) in [6.07, 6.45) is 1.15. The van der Waals surface area contributed by atoms with Crippen molar-refractivity contribution in [3.63, 3.8) is 0 Å². The number of carboxylic acids is 1. The largest absolute Gasteiger partial charge is 0.480 e. The van der Waals surface area contributed by atoms with Crippen molar-refractivity contribution in [1.29, 1.82) is 0 Å². The molecule has 0 aliphatic heterocycles. The molecule has 0 aromatic heterocycles. The smallest absolute Gasteiger partial charge is 0.323 e. The summed E-state index contributed by atoms with van der Waals surface area (Å²) >= 11 is 0. The average Bonchev–Trinajstić information content (AvgIpc) is 2.29. The van der Waals surface area contributed by atoms with Gasteiger partial charge in [0.15, 0.2) is 0 Å². The lowest BCUT2D eigenvalue weighted by molar-refractivity contribution is -0.145. The van der Waals surface area contributed by atoms with Crippen LogP contribution in [0.2, 0.25) is 0 Å². The number of carbonyl (C=O) groups excluding carboxylic acids is 1. The van der Waals surface area contributed by atoms with Gasteiger partial charge in [-0.05, 0) is 20.5 Å². The topological polar surface area (TPSA) is 70.1 Å². The van der Waals surface area contributed by atoms with Gasteiger partial charge < -0.3 is 19.6 Å². The molecule has 0 bridgehead atoms. The van der Waals surface area contributed by atoms with Crippen LogP contribution < -0.4 is 0 Å². The molecular formula is C12H24N2O4. The molecule has 0 fully saturated rings. The lowest BCUT2D eigenvalue weighted by Crippen LogP contribution is -2.40. The molecule has 106 valence electrons. The van der Waals surface area contributed by atoms with Crippen molar-refractivity contribution in [2.24, 2.45) is 0 Å². The molecule has 0 saturated heterocycles. The summed E-state index contributed by atoms with van der Waals surface area (Å²) in [5.41, 5.74) is 0. The summed E-state index contributed by atoms with van der Waals surface area (Å²) in [6, 6.07) is 0. The Kier molecular flexibility index (Phi) is 9.22. The fourth-order valence-electron chi connectivity index (χ4n) is 1.34. The number of carboxylic acid groups (broad SMARTS) is 1. The fourth-order valence-corrected chi connectivity index (χ4v) is 1.34. The van der Waals surface area contributed by atoms with Gasteiger partial charge in [0.2, 0.25) is 5.91 Å². The minimum Gasteiger partial charge on any atom is -0.480 e. The number of ether oxygens (including phenoxy) is 1. The van der Waals surface area contributed by atoms with E-state index in [1.165, 1.54) is 4.90 Å². The average molecular weight is 260 g/mol. The van der Waals surface area contributed by atoms with Crippen molar-refractivity contribution in [3.8, 4) is 0 Å². The number of nitrogens with zero attached hydrogens (tertiary/aromatic N) is 2. The van der Waals surface area contributed by atoms with Gasteiger partial charge in [0.1, 0.15) is 6.54 Å². The Morgan fingerprint density at radius 1 is 1.17 bits per heavy atom. The Hall–Kier alpha value is -1.14. The first-order valence-electron chi connectivity index (χ1n) is 6.19. The zero-order valence-electron chi connectivity index (χ0n) is 11.5. The molecule has 18 heavy (non-hydrogen) atoms. The maximum Gasteiger partial charge on any atom is 0.323 e. The number of amides is 1. The summed E-state index contributed by atoms with van der Waals surface area (Å²) < 4.78 is 5.23. The van der Waals surface area contributed by atoms with Gasteiger partial charge in [-0.3, -0.25) is 9.59 Å². The standard InChI is InChI=1S/C12H24N2O4/c1-4-8-18-9-5-11(15)14(10-12(16)17)7-6-13(2)3/h4-10H2,1-3H3,(H,16,17). The van der Waals surface area contributed by atoms with E-state index in [0.717, 1.165) is 6.42 Å². The van der Waals surface area contributed by atoms with Gasteiger partial charge in [0.05, 0.1) is 13.0 Å². The van der Waals surface area contributed by atoms with E-state index in [0.29, 0.717) is 26.3 Å². The van der Waals surface area contributed by atoms with Gasteiger partial charge >= 0.3 is 5.97 Å². The third-order valence-electron chi connectivity index (χ3n) is 2.30. The number of hydrogen-bond acceptors (Lipinski definition) is 4. The first-order chi connectivity index (χ1) is 8.47. The maximum atomic E-state index is 11.8. The minimum atomic E-state index is -0.989. The van der Waals surface area contributed by atoms with Gasteiger partial charge in [-0.1, -0.05) is 6.92 Å². The van der Waals surface area contributed by atoms with Crippen molar-refractivity contribution in [2.45, 2.75) is 19.8 Å². The molecule has 0 radical (unpaired) electrons. The van der Waals surface area contributed by atoms with E-state index < -0.39 is 5.97 Å². The molecule has 1 amide bonds. The van der Waals surface area contributed by atoms with Gasteiger partial charge in [-0.25, -0.2) is 0 Å². The molecule has 0 heterocycles. The van der Waals surface area contributed by atoms with Crippen molar-refractivity contribution in [2.75, 3.05) is 46.9 Å². The third-order valence-corrected chi connectivity index (χ3v) is 2.30. The quantitative estimate of drug-likeness (QED) is 0.571. The maximum absolute atomic E-state index is 11.8. The number of hydrogen-bond donors (Lipinski definition) is 1. The highest BCUT2D eigenvalue weighted by molar-refractivity contribution is 5.81. The Morgan fingerprint density at radius 3 is 2.33 bits per heavy atom. The van der Waals surface area contributed by atoms with Crippen LogP contribution in [-0.4, -0.2) is 73.7 Å². The molecule has 0 atom stereocenters. The first kappa shape index (κ1) is 16.9. The zero-order valence-corrected chi connectivity index (χ0v) is 11.5. The van der Waals surface area contributed by atoms with E-state index in [1.807, 2.05) is 25.9 Å². The van der Waals surface area contributed by atoms with Crippen LogP contribution >= 0.6 is 0 Å². The molecule has 6 nitrogen and oxygen atoms in total. The number of aliphatic carboxylic acids is 1. The van der Waals surface area contributed by atoms with Crippen LogP contribution in [0.4, 0.5) is 0 Å². The van der Waals surface area contributed by atoms with Gasteiger partial charge in [-0.15, -0.1) is 0 Å². The van der Waals surface area contributed by atoms with Crippen LogP contribution in [0.5, 0.6) is 0 Å². The van der Waals surface area contributed by atoms with E-state index in [2.05, 4.69) is 0 Å². The molecule has 0 aliphatic carbocycles. The Labute approximate surface area is 109 Å². The SMILES string of the molecule is CCCOCCC(=O)N(CCN(C)C)CC(=O)O. The van der Waals surface area contributed by atoms with E-state index in [4.69, 9.17) is 9.84 Å². The second kappa shape index (κ2) is 9.85. The van der Waals surface area contributed by atoms with Gasteiger partial charge in [-0.2, -0.15) is 0 Å². The van der Waals surface area contributed by atoms with Crippen LogP contribution in [0.15, 0.2) is 0 Å². The number of likely N-dealkylation sites (N-methyl/N-ethyl adjacent to an activating group) is 1. The van der Waals surface area contributed by atoms with Crippen LogP contribution in [-0.2, 0) is 14.3 Å². The molecule has 0 aromatic rings. The molecule has 6 heteroatoms. The predicted molar refractivity (Wildman–Crippen MR) is 68.5 cm³/mol. The second-order valence-corrected chi connectivity index (χ2v) is 4.37. The highest BCUT2D eigenvalue weighted by atomic mass is 16.5. The van der Waals surface area contributed by atoms with Crippen molar-refractivity contribution < 1.29 is 19.4 Å². The molecule has 0 rings (SSSR count). The van der Waals surface area contributed by atoms with Gasteiger partial charge in [0.25, 0.3) is 0 Å². The Balaban J connectivity index is 4.09. The second-order valence-electron chi connectivity index (χ2n) is 4.37. The summed E-state index contributed by atoms with van der Waals surface area (Å²) in [4.78, 5) is 25.8. The number of carbonyl (C=O) groups is 2. The van der Waals surface area contributed by atoms with Crippen molar-refractivity contribution in [1.82, 2.24) is 9.80 Å². The van der Waals surface area contributed by atoms with E-state index in [9.17, 15) is 9.59 Å². The fraction of sp³-hybridized carbons (Fsp3) is 0.833. The summed E-state index contributed by atoms with van der Waals surface area (Å²) in [5, 5.41) is 8.77. The molecular weight excluding hydrogens is 236 g/mol. The summed E-state index contributed by atoms with van der Waals surface area (Å²) in [6.45, 7) is 3.80. The zero-order chi connectivity index (χ0) is 14.0. The molecule has 0 spiro atoms. The van der Waals surface area contributed by atoms with E-state index >= 15 is 0 Å². The van der Waals surface area contributed by atoms with E-state index in [-0.39, 0.29) is 18.9 Å². The summed E-state index contributed by atoms with van der Waals surface area (Å²) in [7, 11) is 3.77. The van der Waals surface area contributed by atoms with Crippen LogP contribution in [0, 0.1) is 0 Å². The predicted octanol–water partition coefficient (Wildman–Crippen LogP) is 0.278. The van der Waals surface area contributed by atoms with Crippen LogP contribution in [0.1, 0.15) is 19.8 Å². The summed E-state index contributed by atoms with van der Waals surface area (Å²) in [5.74, 6) is -1.16. The molecule has 0 aromatic carbocycles. The first-order valence-corrected chi connectivity index (χ1v) is 6.19. The van der Waals surface area contributed by atoms with Crippen LogP contribution in [0.25, 0.3) is 0 Å². The molecule has 1 N–H and O–H groups in total.